The van der Waals surface area contributed by atoms with Gasteiger partial charge in [0.1, 0.15) is 5.84 Å². The predicted molar refractivity (Wildman–Crippen MR) is 78.8 cm³/mol. The van der Waals surface area contributed by atoms with Crippen molar-refractivity contribution in [3.63, 3.8) is 0 Å². The molecule has 0 atom stereocenters. The Balaban J connectivity index is 1.83. The molecular weight excluding hydrogens is 254 g/mol. The molecule has 0 unspecified atom stereocenters. The van der Waals surface area contributed by atoms with Crippen molar-refractivity contribution in [1.29, 1.82) is 5.41 Å². The van der Waals surface area contributed by atoms with E-state index in [4.69, 9.17) is 21.0 Å². The number of amidine groups is 1. The van der Waals surface area contributed by atoms with Crippen molar-refractivity contribution in [3.05, 3.63) is 35.4 Å². The Morgan fingerprint density at radius 3 is 2.80 bits per heavy atom. The summed E-state index contributed by atoms with van der Waals surface area (Å²) in [5, 5.41) is 16.2. The van der Waals surface area contributed by atoms with E-state index >= 15 is 0 Å². The smallest absolute Gasteiger partial charge is 0.122 e. The van der Waals surface area contributed by atoms with Gasteiger partial charge in [0.15, 0.2) is 0 Å². The number of ether oxygens (including phenoxy) is 1. The van der Waals surface area contributed by atoms with Crippen LogP contribution in [0.5, 0.6) is 0 Å². The lowest BCUT2D eigenvalue weighted by Crippen LogP contribution is -2.36. The molecule has 1 saturated heterocycles. The molecule has 0 bridgehead atoms. The monoisotopic (exact) mass is 277 g/mol. The minimum absolute atomic E-state index is 0.0953. The van der Waals surface area contributed by atoms with Gasteiger partial charge in [-0.15, -0.1) is 0 Å². The van der Waals surface area contributed by atoms with Crippen molar-refractivity contribution in [2.75, 3.05) is 26.3 Å². The van der Waals surface area contributed by atoms with E-state index in [1.165, 1.54) is 5.56 Å². The van der Waals surface area contributed by atoms with Gasteiger partial charge >= 0.3 is 0 Å². The van der Waals surface area contributed by atoms with E-state index in [1.807, 2.05) is 18.2 Å². The van der Waals surface area contributed by atoms with Crippen LogP contribution in [0.3, 0.4) is 0 Å². The maximum absolute atomic E-state index is 8.75. The van der Waals surface area contributed by atoms with Crippen LogP contribution in [0.2, 0.25) is 0 Å². The number of likely N-dealkylation sites (tertiary alicyclic amines) is 1. The van der Waals surface area contributed by atoms with Crippen molar-refractivity contribution in [3.8, 4) is 0 Å². The van der Waals surface area contributed by atoms with E-state index in [2.05, 4.69) is 11.0 Å². The third kappa shape index (κ3) is 4.30. The fourth-order valence-corrected chi connectivity index (χ4v) is 2.55. The largest absolute Gasteiger partial charge is 0.394 e. The number of nitrogens with one attached hydrogen (secondary N) is 1. The second-order valence-corrected chi connectivity index (χ2v) is 5.18. The van der Waals surface area contributed by atoms with Crippen molar-refractivity contribution in [2.45, 2.75) is 25.5 Å². The Morgan fingerprint density at radius 1 is 1.40 bits per heavy atom. The van der Waals surface area contributed by atoms with Gasteiger partial charge in [-0.1, -0.05) is 18.2 Å². The quantitative estimate of drug-likeness (QED) is 0.534. The minimum atomic E-state index is 0.0953. The van der Waals surface area contributed by atoms with Gasteiger partial charge in [-0.05, 0) is 24.5 Å². The lowest BCUT2D eigenvalue weighted by molar-refractivity contribution is -0.00901. The van der Waals surface area contributed by atoms with Crippen LogP contribution in [0.1, 0.15) is 24.0 Å². The molecule has 4 N–H and O–H groups in total. The van der Waals surface area contributed by atoms with E-state index in [0.717, 1.165) is 38.0 Å². The highest BCUT2D eigenvalue weighted by Gasteiger charge is 2.19. The average Bonchev–Trinajstić information content (AvgIpc) is 2.47. The number of piperidine rings is 1. The van der Waals surface area contributed by atoms with Crippen molar-refractivity contribution in [2.24, 2.45) is 5.73 Å². The first-order chi connectivity index (χ1) is 9.69. The number of hydrogen-bond donors (Lipinski definition) is 3. The van der Waals surface area contributed by atoms with Crippen LogP contribution in [0.4, 0.5) is 0 Å². The number of aliphatic hydroxyl groups excluding tert-OH is 1. The summed E-state index contributed by atoms with van der Waals surface area (Å²) in [4.78, 5) is 2.39. The molecule has 1 fully saturated rings. The van der Waals surface area contributed by atoms with Gasteiger partial charge < -0.3 is 15.6 Å². The molecule has 0 spiro atoms. The zero-order chi connectivity index (χ0) is 14.4. The number of rotatable bonds is 6. The molecule has 0 amide bonds. The average molecular weight is 277 g/mol. The summed E-state index contributed by atoms with van der Waals surface area (Å²) in [5.74, 6) is 0.114. The van der Waals surface area contributed by atoms with Crippen LogP contribution < -0.4 is 5.73 Å². The summed E-state index contributed by atoms with van der Waals surface area (Å²) in [6, 6.07) is 7.86. The van der Waals surface area contributed by atoms with Gasteiger partial charge in [0.25, 0.3) is 0 Å². The molecule has 1 aliphatic rings. The summed E-state index contributed by atoms with van der Waals surface area (Å²) in [7, 11) is 0. The molecule has 20 heavy (non-hydrogen) atoms. The van der Waals surface area contributed by atoms with Gasteiger partial charge in [-0.3, -0.25) is 10.3 Å². The number of nitrogen functional groups attached to an aromatic ring is 1. The molecule has 0 radical (unpaired) electrons. The molecule has 5 nitrogen and oxygen atoms in total. The van der Waals surface area contributed by atoms with E-state index < -0.39 is 0 Å². The maximum atomic E-state index is 8.75. The third-order valence-corrected chi connectivity index (χ3v) is 3.62. The first-order valence-corrected chi connectivity index (χ1v) is 7.07. The van der Waals surface area contributed by atoms with Crippen LogP contribution in [-0.2, 0) is 11.3 Å². The highest BCUT2D eigenvalue weighted by molar-refractivity contribution is 5.95. The van der Waals surface area contributed by atoms with Gasteiger partial charge in [0.2, 0.25) is 0 Å². The summed E-state index contributed by atoms with van der Waals surface area (Å²) >= 11 is 0. The Bertz CT molecular complexity index is 442. The number of nitrogens with zero attached hydrogens (tertiary/aromatic N) is 1. The number of aliphatic hydroxyl groups is 1. The van der Waals surface area contributed by atoms with Gasteiger partial charge in [-0.25, -0.2) is 0 Å². The highest BCUT2D eigenvalue weighted by Crippen LogP contribution is 2.16. The number of benzene rings is 1. The molecule has 0 aromatic heterocycles. The Hall–Kier alpha value is -1.43. The van der Waals surface area contributed by atoms with Gasteiger partial charge in [-0.2, -0.15) is 0 Å². The van der Waals surface area contributed by atoms with E-state index in [1.54, 1.807) is 0 Å². The maximum Gasteiger partial charge on any atom is 0.122 e. The fourth-order valence-electron chi connectivity index (χ4n) is 2.55. The lowest BCUT2D eigenvalue weighted by atomic mass is 10.1. The molecule has 110 valence electrons. The summed E-state index contributed by atoms with van der Waals surface area (Å²) in [5.41, 5.74) is 7.48. The summed E-state index contributed by atoms with van der Waals surface area (Å²) in [6.07, 6.45) is 2.29. The molecule has 1 aromatic rings. The highest BCUT2D eigenvalue weighted by atomic mass is 16.5. The van der Waals surface area contributed by atoms with Crippen LogP contribution in [-0.4, -0.2) is 48.2 Å². The molecule has 0 aliphatic carbocycles. The number of hydrogen-bond acceptors (Lipinski definition) is 4. The summed E-state index contributed by atoms with van der Waals surface area (Å²) < 4.78 is 5.56. The molecule has 1 aromatic carbocycles. The fraction of sp³-hybridized carbons (Fsp3) is 0.533. The van der Waals surface area contributed by atoms with Crippen molar-refractivity contribution in [1.82, 2.24) is 4.90 Å². The second kappa shape index (κ2) is 7.38. The molecular formula is C15H23N3O2. The van der Waals surface area contributed by atoms with E-state index in [-0.39, 0.29) is 18.5 Å². The van der Waals surface area contributed by atoms with Crippen LogP contribution in [0.15, 0.2) is 24.3 Å². The van der Waals surface area contributed by atoms with Crippen LogP contribution in [0, 0.1) is 5.41 Å². The SMILES string of the molecule is N=C(N)c1cccc(CN2CCC(OCCO)CC2)c1. The van der Waals surface area contributed by atoms with Crippen LogP contribution in [0.25, 0.3) is 0 Å². The minimum Gasteiger partial charge on any atom is -0.394 e. The molecule has 5 heteroatoms. The predicted octanol–water partition coefficient (Wildman–Crippen LogP) is 0.944. The second-order valence-electron chi connectivity index (χ2n) is 5.18. The molecule has 1 aliphatic heterocycles. The Morgan fingerprint density at radius 2 is 2.15 bits per heavy atom. The molecule has 0 saturated carbocycles. The van der Waals surface area contributed by atoms with Crippen molar-refractivity contribution >= 4 is 5.84 Å². The van der Waals surface area contributed by atoms with E-state index in [0.29, 0.717) is 6.61 Å². The normalized spacial score (nSPS) is 17.2. The Labute approximate surface area is 119 Å². The third-order valence-electron chi connectivity index (χ3n) is 3.62. The van der Waals surface area contributed by atoms with Gasteiger partial charge in [0, 0.05) is 25.2 Å². The van der Waals surface area contributed by atoms with Crippen molar-refractivity contribution < 1.29 is 9.84 Å². The topological polar surface area (TPSA) is 82.6 Å². The van der Waals surface area contributed by atoms with Crippen LogP contribution >= 0.6 is 0 Å². The number of nitrogens with two attached hydrogens (primary N) is 1. The lowest BCUT2D eigenvalue weighted by Gasteiger charge is -2.31. The molecule has 1 heterocycles. The van der Waals surface area contributed by atoms with E-state index in [9.17, 15) is 0 Å². The molecule has 2 rings (SSSR count). The van der Waals surface area contributed by atoms with Gasteiger partial charge in [0.05, 0.1) is 19.3 Å². The summed E-state index contributed by atoms with van der Waals surface area (Å²) in [6.45, 7) is 3.41. The standard InChI is InChI=1S/C15H23N3O2/c16-15(17)13-3-1-2-12(10-13)11-18-6-4-14(5-7-18)20-9-8-19/h1-3,10,14,19H,4-9,11H2,(H3,16,17). The first-order valence-electron chi connectivity index (χ1n) is 7.07. The first kappa shape index (κ1) is 15.0. The zero-order valence-corrected chi connectivity index (χ0v) is 11.7. The Kier molecular flexibility index (Phi) is 5.52. The zero-order valence-electron chi connectivity index (χ0n) is 11.7.